The number of benzene rings is 2. The SMILES string of the molecule is Cc1ccc(C)c(CC(O)c2cccc(C#N)c2)c1. The van der Waals surface area contributed by atoms with Crippen molar-refractivity contribution >= 4 is 0 Å². The monoisotopic (exact) mass is 251 g/mol. The molecule has 2 aromatic rings. The van der Waals surface area contributed by atoms with E-state index in [1.165, 1.54) is 11.1 Å². The van der Waals surface area contributed by atoms with Crippen molar-refractivity contribution in [1.82, 2.24) is 0 Å². The number of nitriles is 1. The molecule has 0 aromatic heterocycles. The molecule has 0 aliphatic carbocycles. The Morgan fingerprint density at radius 3 is 2.68 bits per heavy atom. The third kappa shape index (κ3) is 3.21. The minimum absolute atomic E-state index is 0.572. The van der Waals surface area contributed by atoms with Gasteiger partial charge in [0.05, 0.1) is 17.7 Å². The summed E-state index contributed by atoms with van der Waals surface area (Å²) in [6.45, 7) is 4.10. The molecule has 2 nitrogen and oxygen atoms in total. The average Bonchev–Trinajstić information content (AvgIpc) is 2.43. The first-order valence-electron chi connectivity index (χ1n) is 6.34. The first kappa shape index (κ1) is 13.3. The standard InChI is InChI=1S/C17H17NO/c1-12-6-7-13(2)16(8-12)10-17(19)15-5-3-4-14(9-15)11-18/h3-9,17,19H,10H2,1-2H3. The quantitative estimate of drug-likeness (QED) is 0.908. The van der Waals surface area contributed by atoms with Crippen molar-refractivity contribution in [2.75, 3.05) is 0 Å². The van der Waals surface area contributed by atoms with Crippen molar-refractivity contribution in [2.24, 2.45) is 0 Å². The van der Waals surface area contributed by atoms with Crippen LogP contribution in [0, 0.1) is 25.2 Å². The van der Waals surface area contributed by atoms with Gasteiger partial charge in [-0.3, -0.25) is 0 Å². The van der Waals surface area contributed by atoms with Crippen LogP contribution in [0.3, 0.4) is 0 Å². The number of hydrogen-bond donors (Lipinski definition) is 1. The molecule has 0 heterocycles. The Hall–Kier alpha value is -2.11. The summed E-state index contributed by atoms with van der Waals surface area (Å²) in [6, 6.07) is 15.5. The van der Waals surface area contributed by atoms with Gasteiger partial charge in [0.1, 0.15) is 0 Å². The molecule has 0 bridgehead atoms. The number of aryl methyl sites for hydroxylation is 2. The zero-order valence-electron chi connectivity index (χ0n) is 11.2. The maximum Gasteiger partial charge on any atom is 0.0991 e. The molecule has 19 heavy (non-hydrogen) atoms. The van der Waals surface area contributed by atoms with E-state index in [2.05, 4.69) is 24.3 Å². The van der Waals surface area contributed by atoms with Crippen molar-refractivity contribution in [3.63, 3.8) is 0 Å². The maximum atomic E-state index is 10.3. The highest BCUT2D eigenvalue weighted by Crippen LogP contribution is 2.22. The molecule has 0 aliphatic rings. The van der Waals surface area contributed by atoms with Gasteiger partial charge in [-0.15, -0.1) is 0 Å². The van der Waals surface area contributed by atoms with Crippen molar-refractivity contribution < 1.29 is 5.11 Å². The summed E-state index contributed by atoms with van der Waals surface area (Å²) < 4.78 is 0. The Labute approximate surface area is 114 Å². The van der Waals surface area contributed by atoms with Gasteiger partial charge in [-0.25, -0.2) is 0 Å². The summed E-state index contributed by atoms with van der Waals surface area (Å²) in [4.78, 5) is 0. The topological polar surface area (TPSA) is 44.0 Å². The predicted octanol–water partition coefficient (Wildman–Crippen LogP) is 3.45. The van der Waals surface area contributed by atoms with E-state index in [1.807, 2.05) is 19.9 Å². The van der Waals surface area contributed by atoms with Gasteiger partial charge in [0, 0.05) is 6.42 Å². The van der Waals surface area contributed by atoms with Crippen LogP contribution in [0.2, 0.25) is 0 Å². The molecule has 1 unspecified atom stereocenters. The Balaban J connectivity index is 2.23. The van der Waals surface area contributed by atoms with Crippen LogP contribution in [0.4, 0.5) is 0 Å². The molecule has 0 spiro atoms. The number of aliphatic hydroxyl groups is 1. The van der Waals surface area contributed by atoms with Crippen LogP contribution in [0.25, 0.3) is 0 Å². The lowest BCUT2D eigenvalue weighted by molar-refractivity contribution is 0.178. The number of nitrogens with zero attached hydrogens (tertiary/aromatic N) is 1. The molecule has 96 valence electrons. The van der Waals surface area contributed by atoms with Gasteiger partial charge >= 0.3 is 0 Å². The van der Waals surface area contributed by atoms with Gasteiger partial charge in [-0.05, 0) is 42.7 Å². The summed E-state index contributed by atoms with van der Waals surface area (Å²) in [5.74, 6) is 0. The second-order valence-electron chi connectivity index (χ2n) is 4.89. The van der Waals surface area contributed by atoms with Gasteiger partial charge < -0.3 is 5.11 Å². The smallest absolute Gasteiger partial charge is 0.0991 e. The van der Waals surface area contributed by atoms with Crippen LogP contribution < -0.4 is 0 Å². The van der Waals surface area contributed by atoms with Crippen LogP contribution in [0.5, 0.6) is 0 Å². The van der Waals surface area contributed by atoms with Crippen LogP contribution in [-0.2, 0) is 6.42 Å². The lowest BCUT2D eigenvalue weighted by Gasteiger charge is -2.14. The van der Waals surface area contributed by atoms with E-state index < -0.39 is 6.10 Å². The van der Waals surface area contributed by atoms with Crippen LogP contribution in [-0.4, -0.2) is 5.11 Å². The van der Waals surface area contributed by atoms with E-state index in [1.54, 1.807) is 18.2 Å². The minimum atomic E-state index is -0.575. The molecular weight excluding hydrogens is 234 g/mol. The van der Waals surface area contributed by atoms with Gasteiger partial charge in [0.15, 0.2) is 0 Å². The molecule has 1 N–H and O–H groups in total. The molecule has 2 rings (SSSR count). The number of rotatable bonds is 3. The minimum Gasteiger partial charge on any atom is -0.388 e. The first-order valence-corrected chi connectivity index (χ1v) is 6.34. The fraction of sp³-hybridized carbons (Fsp3) is 0.235. The third-order valence-corrected chi connectivity index (χ3v) is 3.32. The lowest BCUT2D eigenvalue weighted by Crippen LogP contribution is -2.03. The molecule has 2 heteroatoms. The molecule has 2 aromatic carbocycles. The van der Waals surface area contributed by atoms with Crippen molar-refractivity contribution in [1.29, 1.82) is 5.26 Å². The van der Waals surface area contributed by atoms with E-state index in [0.717, 1.165) is 11.1 Å². The van der Waals surface area contributed by atoms with Crippen molar-refractivity contribution in [3.05, 3.63) is 70.3 Å². The molecular formula is C17H17NO. The molecule has 0 fully saturated rings. The highest BCUT2D eigenvalue weighted by molar-refractivity contribution is 5.36. The fourth-order valence-corrected chi connectivity index (χ4v) is 2.16. The largest absolute Gasteiger partial charge is 0.388 e. The molecule has 0 saturated carbocycles. The van der Waals surface area contributed by atoms with E-state index >= 15 is 0 Å². The van der Waals surface area contributed by atoms with Crippen molar-refractivity contribution in [2.45, 2.75) is 26.4 Å². The molecule has 0 saturated heterocycles. The Bertz CT molecular complexity index is 625. The predicted molar refractivity (Wildman–Crippen MR) is 75.7 cm³/mol. The summed E-state index contributed by atoms with van der Waals surface area (Å²) in [5.41, 5.74) is 4.90. The van der Waals surface area contributed by atoms with E-state index in [0.29, 0.717) is 12.0 Å². The van der Waals surface area contributed by atoms with E-state index in [-0.39, 0.29) is 0 Å². The van der Waals surface area contributed by atoms with Crippen molar-refractivity contribution in [3.8, 4) is 6.07 Å². The van der Waals surface area contributed by atoms with Crippen LogP contribution in [0.15, 0.2) is 42.5 Å². The zero-order valence-corrected chi connectivity index (χ0v) is 11.2. The Morgan fingerprint density at radius 1 is 1.16 bits per heavy atom. The average molecular weight is 251 g/mol. The third-order valence-electron chi connectivity index (χ3n) is 3.32. The lowest BCUT2D eigenvalue weighted by atomic mass is 9.96. The van der Waals surface area contributed by atoms with Crippen LogP contribution >= 0.6 is 0 Å². The van der Waals surface area contributed by atoms with Gasteiger partial charge in [-0.2, -0.15) is 5.26 Å². The highest BCUT2D eigenvalue weighted by atomic mass is 16.3. The second kappa shape index (κ2) is 5.69. The summed E-state index contributed by atoms with van der Waals surface area (Å²) >= 11 is 0. The number of hydrogen-bond acceptors (Lipinski definition) is 2. The Kier molecular flexibility index (Phi) is 3.99. The normalized spacial score (nSPS) is 11.9. The summed E-state index contributed by atoms with van der Waals surface area (Å²) in [5, 5.41) is 19.2. The first-order chi connectivity index (χ1) is 9.10. The molecule has 0 radical (unpaired) electrons. The molecule has 0 amide bonds. The number of aliphatic hydroxyl groups excluding tert-OH is 1. The maximum absolute atomic E-state index is 10.3. The molecule has 0 aliphatic heterocycles. The van der Waals surface area contributed by atoms with Gasteiger partial charge in [0.2, 0.25) is 0 Å². The molecule has 1 atom stereocenters. The van der Waals surface area contributed by atoms with Gasteiger partial charge in [0.25, 0.3) is 0 Å². The fourth-order valence-electron chi connectivity index (χ4n) is 2.16. The van der Waals surface area contributed by atoms with E-state index in [9.17, 15) is 5.11 Å². The zero-order chi connectivity index (χ0) is 13.8. The van der Waals surface area contributed by atoms with Gasteiger partial charge in [-0.1, -0.05) is 35.9 Å². The summed E-state index contributed by atoms with van der Waals surface area (Å²) in [7, 11) is 0. The summed E-state index contributed by atoms with van der Waals surface area (Å²) in [6.07, 6.45) is -0.00336. The Morgan fingerprint density at radius 2 is 1.95 bits per heavy atom. The second-order valence-corrected chi connectivity index (χ2v) is 4.89. The van der Waals surface area contributed by atoms with Crippen LogP contribution in [0.1, 0.15) is 33.9 Å². The van der Waals surface area contributed by atoms with E-state index in [4.69, 9.17) is 5.26 Å². The highest BCUT2D eigenvalue weighted by Gasteiger charge is 2.11.